The Labute approximate surface area is 139 Å². The Balaban J connectivity index is 1.91. The van der Waals surface area contributed by atoms with Gasteiger partial charge in [0.15, 0.2) is 0 Å². The number of aromatic nitrogens is 4. The highest BCUT2D eigenvalue weighted by atomic mass is 19.1. The number of rotatable bonds is 5. The summed E-state index contributed by atoms with van der Waals surface area (Å²) in [5.41, 5.74) is 3.70. The van der Waals surface area contributed by atoms with E-state index in [4.69, 9.17) is 5.41 Å². The van der Waals surface area contributed by atoms with Gasteiger partial charge in [0.25, 0.3) is 0 Å². The van der Waals surface area contributed by atoms with Gasteiger partial charge in [-0.3, -0.25) is 4.68 Å². The molecule has 3 aromatic rings. The number of hydrogen-bond acceptors (Lipinski definition) is 3. The van der Waals surface area contributed by atoms with Crippen molar-refractivity contribution in [1.82, 2.24) is 19.7 Å². The van der Waals surface area contributed by atoms with E-state index in [1.807, 2.05) is 26.2 Å². The van der Waals surface area contributed by atoms with E-state index in [9.17, 15) is 4.39 Å². The van der Waals surface area contributed by atoms with Crippen molar-refractivity contribution in [2.24, 2.45) is 7.05 Å². The number of imidazole rings is 1. The van der Waals surface area contributed by atoms with E-state index in [0.717, 1.165) is 16.8 Å². The van der Waals surface area contributed by atoms with Crippen LogP contribution in [-0.4, -0.2) is 26.0 Å². The maximum absolute atomic E-state index is 13.9. The Morgan fingerprint density at radius 2 is 2.21 bits per heavy atom. The van der Waals surface area contributed by atoms with Gasteiger partial charge in [0, 0.05) is 36.2 Å². The normalized spacial score (nSPS) is 11.7. The fourth-order valence-corrected chi connectivity index (χ4v) is 2.48. The van der Waals surface area contributed by atoms with Crippen molar-refractivity contribution in [3.63, 3.8) is 0 Å². The van der Waals surface area contributed by atoms with Gasteiger partial charge in [-0.15, -0.1) is 0 Å². The molecule has 0 bridgehead atoms. The molecule has 0 saturated heterocycles. The molecule has 6 heteroatoms. The van der Waals surface area contributed by atoms with Crippen molar-refractivity contribution < 1.29 is 4.39 Å². The standard InChI is InChI=1S/C18H18FN5/c1-3-12-4-5-13(6-16(12)19)17-10-21-18(23-17)7-14(8-20)15-9-22-24(2)11-15/h4-11,20H,3H2,1-2H3,(H,21,23)/b14-7+,20-8?. The highest BCUT2D eigenvalue weighted by molar-refractivity contribution is 6.14. The molecule has 0 spiro atoms. The van der Waals surface area contributed by atoms with E-state index >= 15 is 0 Å². The molecule has 122 valence electrons. The SMILES string of the molecule is CCc1ccc(-c2cnc(/C=C(\C=N)c3cnn(C)c3)[nH]2)cc1F. The summed E-state index contributed by atoms with van der Waals surface area (Å²) in [5, 5.41) is 11.7. The molecule has 0 aliphatic heterocycles. The van der Waals surface area contributed by atoms with E-state index in [0.29, 0.717) is 23.4 Å². The van der Waals surface area contributed by atoms with Crippen molar-refractivity contribution in [3.05, 3.63) is 59.6 Å². The summed E-state index contributed by atoms with van der Waals surface area (Å²) in [6, 6.07) is 5.18. The number of H-pyrrole nitrogens is 1. The molecule has 2 aromatic heterocycles. The Morgan fingerprint density at radius 3 is 2.83 bits per heavy atom. The number of aryl methyl sites for hydroxylation is 2. The first-order valence-electron chi connectivity index (χ1n) is 7.65. The summed E-state index contributed by atoms with van der Waals surface area (Å²) in [6.07, 6.45) is 8.88. The molecule has 2 N–H and O–H groups in total. The third-order valence-corrected chi connectivity index (χ3v) is 3.83. The predicted octanol–water partition coefficient (Wildman–Crippen LogP) is 3.70. The Kier molecular flexibility index (Phi) is 4.37. The van der Waals surface area contributed by atoms with Gasteiger partial charge in [0.1, 0.15) is 11.6 Å². The van der Waals surface area contributed by atoms with Crippen LogP contribution in [-0.2, 0) is 13.5 Å². The van der Waals surface area contributed by atoms with Crippen LogP contribution in [0.15, 0.2) is 36.8 Å². The van der Waals surface area contributed by atoms with Crippen molar-refractivity contribution in [2.45, 2.75) is 13.3 Å². The summed E-state index contributed by atoms with van der Waals surface area (Å²) >= 11 is 0. The van der Waals surface area contributed by atoms with Gasteiger partial charge < -0.3 is 10.4 Å². The molecule has 0 aliphatic rings. The molecule has 0 radical (unpaired) electrons. The number of allylic oxidation sites excluding steroid dienone is 1. The largest absolute Gasteiger partial charge is 0.338 e. The third kappa shape index (κ3) is 3.17. The fourth-order valence-electron chi connectivity index (χ4n) is 2.48. The first-order valence-corrected chi connectivity index (χ1v) is 7.65. The van der Waals surface area contributed by atoms with Crippen LogP contribution in [0.2, 0.25) is 0 Å². The maximum atomic E-state index is 13.9. The molecule has 0 unspecified atom stereocenters. The second-order valence-electron chi connectivity index (χ2n) is 5.49. The second-order valence-corrected chi connectivity index (χ2v) is 5.49. The third-order valence-electron chi connectivity index (χ3n) is 3.83. The molecule has 24 heavy (non-hydrogen) atoms. The monoisotopic (exact) mass is 323 g/mol. The average Bonchev–Trinajstić information content (AvgIpc) is 3.21. The number of nitrogens with zero attached hydrogens (tertiary/aromatic N) is 3. The first-order chi connectivity index (χ1) is 11.6. The fraction of sp³-hybridized carbons (Fsp3) is 0.167. The van der Waals surface area contributed by atoms with E-state index in [1.54, 1.807) is 29.2 Å². The summed E-state index contributed by atoms with van der Waals surface area (Å²) in [4.78, 5) is 7.45. The van der Waals surface area contributed by atoms with Crippen LogP contribution < -0.4 is 0 Å². The van der Waals surface area contributed by atoms with Crippen LogP contribution in [0.4, 0.5) is 4.39 Å². The molecule has 0 atom stereocenters. The highest BCUT2D eigenvalue weighted by Gasteiger charge is 2.08. The van der Waals surface area contributed by atoms with Crippen molar-refractivity contribution in [1.29, 1.82) is 5.41 Å². The van der Waals surface area contributed by atoms with Gasteiger partial charge in [-0.1, -0.05) is 19.1 Å². The van der Waals surface area contributed by atoms with Gasteiger partial charge in [-0.05, 0) is 24.1 Å². The van der Waals surface area contributed by atoms with Gasteiger partial charge >= 0.3 is 0 Å². The topological polar surface area (TPSA) is 70.3 Å². The van der Waals surface area contributed by atoms with Gasteiger partial charge in [0.2, 0.25) is 0 Å². The number of benzene rings is 1. The van der Waals surface area contributed by atoms with E-state index < -0.39 is 0 Å². The van der Waals surface area contributed by atoms with Gasteiger partial charge in [-0.2, -0.15) is 5.10 Å². The van der Waals surface area contributed by atoms with Crippen LogP contribution >= 0.6 is 0 Å². The van der Waals surface area contributed by atoms with Crippen molar-refractivity contribution >= 4 is 17.9 Å². The number of nitrogens with one attached hydrogen (secondary N) is 2. The molecule has 3 rings (SSSR count). The molecule has 0 saturated carbocycles. The second kappa shape index (κ2) is 6.62. The van der Waals surface area contributed by atoms with Crippen molar-refractivity contribution in [3.8, 4) is 11.3 Å². The van der Waals surface area contributed by atoms with Crippen LogP contribution in [0.3, 0.4) is 0 Å². The highest BCUT2D eigenvalue weighted by Crippen LogP contribution is 2.22. The van der Waals surface area contributed by atoms with E-state index in [1.165, 1.54) is 12.3 Å². The zero-order valence-electron chi connectivity index (χ0n) is 13.5. The average molecular weight is 323 g/mol. The first kappa shape index (κ1) is 15.9. The Bertz CT molecular complexity index is 904. The molecule has 2 heterocycles. The van der Waals surface area contributed by atoms with E-state index in [-0.39, 0.29) is 5.82 Å². The smallest absolute Gasteiger partial charge is 0.131 e. The van der Waals surface area contributed by atoms with Crippen LogP contribution in [0, 0.1) is 11.2 Å². The predicted molar refractivity (Wildman–Crippen MR) is 93.2 cm³/mol. The van der Waals surface area contributed by atoms with Gasteiger partial charge in [0.05, 0.1) is 18.1 Å². The molecular formula is C18H18FN5. The van der Waals surface area contributed by atoms with Crippen LogP contribution in [0.1, 0.15) is 23.9 Å². The lowest BCUT2D eigenvalue weighted by Gasteiger charge is -2.02. The number of aromatic amines is 1. The molecule has 0 fully saturated rings. The molecule has 0 aliphatic carbocycles. The maximum Gasteiger partial charge on any atom is 0.131 e. The lowest BCUT2D eigenvalue weighted by Crippen LogP contribution is -1.89. The van der Waals surface area contributed by atoms with Gasteiger partial charge in [-0.25, -0.2) is 9.37 Å². The minimum absolute atomic E-state index is 0.211. The zero-order chi connectivity index (χ0) is 17.1. The zero-order valence-corrected chi connectivity index (χ0v) is 13.5. The summed E-state index contributed by atoms with van der Waals surface area (Å²) in [6.45, 7) is 1.93. The van der Waals surface area contributed by atoms with Crippen LogP contribution in [0.5, 0.6) is 0 Å². The molecule has 5 nitrogen and oxygen atoms in total. The minimum atomic E-state index is -0.211. The lowest BCUT2D eigenvalue weighted by molar-refractivity contribution is 0.612. The summed E-state index contributed by atoms with van der Waals surface area (Å²) in [5.74, 6) is 0.393. The summed E-state index contributed by atoms with van der Waals surface area (Å²) in [7, 11) is 1.82. The number of hydrogen-bond donors (Lipinski definition) is 2. The molecular weight excluding hydrogens is 305 g/mol. The minimum Gasteiger partial charge on any atom is -0.338 e. The quantitative estimate of drug-likeness (QED) is 0.703. The van der Waals surface area contributed by atoms with Crippen LogP contribution in [0.25, 0.3) is 22.9 Å². The Morgan fingerprint density at radius 1 is 1.38 bits per heavy atom. The van der Waals surface area contributed by atoms with Crippen molar-refractivity contribution in [2.75, 3.05) is 0 Å². The van der Waals surface area contributed by atoms with E-state index in [2.05, 4.69) is 15.1 Å². The number of halogens is 1. The molecule has 1 aromatic carbocycles. The summed E-state index contributed by atoms with van der Waals surface area (Å²) < 4.78 is 15.6. The lowest BCUT2D eigenvalue weighted by atomic mass is 10.1. The molecule has 0 amide bonds. The Hall–Kier alpha value is -3.02.